The molecular formula is C26H27BrN2O7. The van der Waals surface area contributed by atoms with Crippen molar-refractivity contribution in [2.24, 2.45) is 0 Å². The first-order valence-electron chi connectivity index (χ1n) is 11.6. The number of morpholine rings is 1. The monoisotopic (exact) mass is 558 g/mol. The van der Waals surface area contributed by atoms with Crippen LogP contribution < -0.4 is 0 Å². The number of ketones is 1. The largest absolute Gasteiger partial charge is 0.507 e. The lowest BCUT2D eigenvalue weighted by molar-refractivity contribution is -0.140. The molecule has 0 radical (unpaired) electrons. The van der Waals surface area contributed by atoms with Crippen molar-refractivity contribution >= 4 is 39.3 Å². The number of aliphatic hydroxyl groups is 1. The fourth-order valence-electron chi connectivity index (χ4n) is 4.51. The zero-order valence-electron chi connectivity index (χ0n) is 19.8. The van der Waals surface area contributed by atoms with Gasteiger partial charge in [0.05, 0.1) is 43.1 Å². The van der Waals surface area contributed by atoms with Gasteiger partial charge in [-0.05, 0) is 42.3 Å². The number of carbonyl (C=O) groups excluding carboxylic acids is 3. The van der Waals surface area contributed by atoms with Crippen molar-refractivity contribution < 1.29 is 34.1 Å². The maximum Gasteiger partial charge on any atom is 0.337 e. The van der Waals surface area contributed by atoms with E-state index in [0.717, 1.165) is 19.6 Å². The second-order valence-electron chi connectivity index (χ2n) is 8.58. The van der Waals surface area contributed by atoms with Crippen molar-refractivity contribution in [2.75, 3.05) is 46.5 Å². The summed E-state index contributed by atoms with van der Waals surface area (Å²) in [5, 5.41) is 21.5. The maximum atomic E-state index is 13.2. The number of carbonyl (C=O) groups is 3. The van der Waals surface area contributed by atoms with Crippen LogP contribution in [-0.4, -0.2) is 84.2 Å². The quantitative estimate of drug-likeness (QED) is 0.230. The number of halogens is 1. The van der Waals surface area contributed by atoms with Crippen LogP contribution in [0.15, 0.2) is 52.5 Å². The van der Waals surface area contributed by atoms with Crippen molar-refractivity contribution in [3.63, 3.8) is 0 Å². The minimum Gasteiger partial charge on any atom is -0.507 e. The number of ether oxygens (including phenoxy) is 2. The van der Waals surface area contributed by atoms with E-state index in [1.807, 2.05) is 0 Å². The molecule has 190 valence electrons. The number of aliphatic hydroxyl groups excluding tert-OH is 1. The molecular weight excluding hydrogens is 532 g/mol. The number of hydrogen-bond acceptors (Lipinski definition) is 8. The third-order valence-corrected chi connectivity index (χ3v) is 6.87. The number of Topliss-reactive ketones (excluding diaryl/α,β-unsaturated/α-hetero) is 1. The number of phenols is 1. The first-order valence-corrected chi connectivity index (χ1v) is 12.4. The van der Waals surface area contributed by atoms with Gasteiger partial charge in [-0.25, -0.2) is 4.79 Å². The third kappa shape index (κ3) is 5.30. The van der Waals surface area contributed by atoms with E-state index in [-0.39, 0.29) is 23.4 Å². The first kappa shape index (κ1) is 25.9. The predicted molar refractivity (Wildman–Crippen MR) is 134 cm³/mol. The minimum absolute atomic E-state index is 0.0341. The van der Waals surface area contributed by atoms with Gasteiger partial charge in [0.15, 0.2) is 0 Å². The van der Waals surface area contributed by atoms with Crippen LogP contribution in [0.5, 0.6) is 5.75 Å². The molecule has 4 rings (SSSR count). The van der Waals surface area contributed by atoms with Gasteiger partial charge in [-0.15, -0.1) is 0 Å². The van der Waals surface area contributed by atoms with Crippen molar-refractivity contribution in [3.05, 3.63) is 69.2 Å². The molecule has 2 aliphatic rings. The normalized spacial score (nSPS) is 20.1. The fraction of sp³-hybridized carbons (Fsp3) is 0.346. The van der Waals surface area contributed by atoms with Gasteiger partial charge in [-0.2, -0.15) is 0 Å². The molecule has 0 spiro atoms. The zero-order valence-corrected chi connectivity index (χ0v) is 21.4. The van der Waals surface area contributed by atoms with E-state index >= 15 is 0 Å². The Bertz CT molecular complexity index is 1190. The molecule has 2 aromatic rings. The smallest absolute Gasteiger partial charge is 0.337 e. The molecule has 2 aliphatic heterocycles. The Hall–Kier alpha value is -3.21. The molecule has 0 aromatic heterocycles. The van der Waals surface area contributed by atoms with Crippen LogP contribution in [0.1, 0.15) is 33.9 Å². The third-order valence-electron chi connectivity index (χ3n) is 6.38. The van der Waals surface area contributed by atoms with Gasteiger partial charge >= 0.3 is 5.97 Å². The van der Waals surface area contributed by atoms with Gasteiger partial charge in [-0.3, -0.25) is 14.5 Å². The van der Waals surface area contributed by atoms with Crippen molar-refractivity contribution in [2.45, 2.75) is 12.5 Å². The fourth-order valence-corrected chi connectivity index (χ4v) is 4.87. The Balaban J connectivity index is 1.72. The Kier molecular flexibility index (Phi) is 8.07. The summed E-state index contributed by atoms with van der Waals surface area (Å²) in [6, 6.07) is 9.93. The average Bonchev–Trinajstić information content (AvgIpc) is 3.15. The standard InChI is InChI=1S/C26H27BrN2O7/c1-35-26(34)17-5-3-16(4-6-17)22-21(23(31)19-15-18(27)7-8-20(19)30)24(32)25(33)29(22)10-2-9-28-11-13-36-14-12-28/h3-8,15,22,30-31H,2,9-14H2,1H3/t22-/m1/s1. The average molecular weight is 559 g/mol. The summed E-state index contributed by atoms with van der Waals surface area (Å²) in [4.78, 5) is 41.9. The maximum absolute atomic E-state index is 13.2. The summed E-state index contributed by atoms with van der Waals surface area (Å²) in [6.07, 6.45) is 0.617. The Labute approximate surface area is 217 Å². The van der Waals surface area contributed by atoms with Crippen LogP contribution in [0, 0.1) is 0 Å². The topological polar surface area (TPSA) is 117 Å². The van der Waals surface area contributed by atoms with Crippen LogP contribution in [0.3, 0.4) is 0 Å². The van der Waals surface area contributed by atoms with Gasteiger partial charge < -0.3 is 24.6 Å². The molecule has 2 aromatic carbocycles. The van der Waals surface area contributed by atoms with Gasteiger partial charge in [0.25, 0.3) is 11.7 Å². The van der Waals surface area contributed by atoms with E-state index in [2.05, 4.69) is 20.8 Å². The molecule has 2 fully saturated rings. The highest BCUT2D eigenvalue weighted by Gasteiger charge is 2.46. The number of hydrogen-bond donors (Lipinski definition) is 2. The number of esters is 1. The highest BCUT2D eigenvalue weighted by atomic mass is 79.9. The van der Waals surface area contributed by atoms with E-state index < -0.39 is 29.5 Å². The number of aromatic hydroxyl groups is 1. The first-order chi connectivity index (χ1) is 17.3. The molecule has 0 unspecified atom stereocenters. The van der Waals surface area contributed by atoms with E-state index in [9.17, 15) is 24.6 Å². The van der Waals surface area contributed by atoms with Crippen molar-refractivity contribution in [3.8, 4) is 5.75 Å². The van der Waals surface area contributed by atoms with Gasteiger partial charge in [0.1, 0.15) is 11.5 Å². The van der Waals surface area contributed by atoms with Crippen molar-refractivity contribution in [1.29, 1.82) is 0 Å². The highest BCUT2D eigenvalue weighted by Crippen LogP contribution is 2.41. The van der Waals surface area contributed by atoms with Crippen LogP contribution >= 0.6 is 15.9 Å². The zero-order chi connectivity index (χ0) is 25.8. The molecule has 1 amide bonds. The van der Waals surface area contributed by atoms with Crippen LogP contribution in [-0.2, 0) is 19.1 Å². The van der Waals surface area contributed by atoms with Crippen molar-refractivity contribution in [1.82, 2.24) is 9.80 Å². The highest BCUT2D eigenvalue weighted by molar-refractivity contribution is 9.10. The summed E-state index contributed by atoms with van der Waals surface area (Å²) in [7, 11) is 1.28. The molecule has 2 saturated heterocycles. The second kappa shape index (κ2) is 11.2. The summed E-state index contributed by atoms with van der Waals surface area (Å²) in [5.74, 6) is -2.77. The summed E-state index contributed by atoms with van der Waals surface area (Å²) >= 11 is 3.31. The minimum atomic E-state index is -0.889. The lowest BCUT2D eigenvalue weighted by Gasteiger charge is -2.29. The number of amides is 1. The molecule has 1 atom stereocenters. The number of likely N-dealkylation sites (tertiary alicyclic amines) is 1. The summed E-state index contributed by atoms with van der Waals surface area (Å²) in [5.41, 5.74) is 0.775. The second-order valence-corrected chi connectivity index (χ2v) is 9.49. The number of methoxy groups -OCH3 is 1. The molecule has 36 heavy (non-hydrogen) atoms. The van der Waals surface area contributed by atoms with Crippen LogP contribution in [0.25, 0.3) is 5.76 Å². The SMILES string of the molecule is COC(=O)c1ccc([C@@H]2C(=C(O)c3cc(Br)ccc3O)C(=O)C(=O)N2CCCN2CCOCC2)cc1. The molecule has 10 heteroatoms. The molecule has 0 bridgehead atoms. The summed E-state index contributed by atoms with van der Waals surface area (Å²) in [6.45, 7) is 3.94. The van der Waals surface area contributed by atoms with E-state index in [4.69, 9.17) is 9.47 Å². The summed E-state index contributed by atoms with van der Waals surface area (Å²) < 4.78 is 10.7. The van der Waals surface area contributed by atoms with Crippen LogP contribution in [0.2, 0.25) is 0 Å². The molecule has 0 saturated carbocycles. The Morgan fingerprint density at radius 3 is 2.47 bits per heavy atom. The van der Waals surface area contributed by atoms with Gasteiger partial charge in [0.2, 0.25) is 0 Å². The molecule has 2 N–H and O–H groups in total. The molecule has 0 aliphatic carbocycles. The Morgan fingerprint density at radius 1 is 1.11 bits per heavy atom. The lowest BCUT2D eigenvalue weighted by atomic mass is 9.94. The van der Waals surface area contributed by atoms with E-state index in [1.165, 1.54) is 24.1 Å². The van der Waals surface area contributed by atoms with E-state index in [0.29, 0.717) is 35.2 Å². The Morgan fingerprint density at radius 2 is 1.81 bits per heavy atom. The predicted octanol–water partition coefficient (Wildman–Crippen LogP) is 3.09. The lowest BCUT2D eigenvalue weighted by Crippen LogP contribution is -2.39. The van der Waals surface area contributed by atoms with E-state index in [1.54, 1.807) is 30.3 Å². The van der Waals surface area contributed by atoms with Gasteiger partial charge in [-0.1, -0.05) is 28.1 Å². The number of rotatable bonds is 7. The van der Waals surface area contributed by atoms with Crippen LogP contribution in [0.4, 0.5) is 0 Å². The number of benzene rings is 2. The molecule has 9 nitrogen and oxygen atoms in total. The molecule has 2 heterocycles. The number of phenolic OH excluding ortho intramolecular Hbond substituents is 1. The van der Waals surface area contributed by atoms with Gasteiger partial charge in [0, 0.05) is 30.7 Å². The number of nitrogens with zero attached hydrogens (tertiary/aromatic N) is 2.